The molecule has 8 heteroatoms. The van der Waals surface area contributed by atoms with Gasteiger partial charge in [0.2, 0.25) is 10.0 Å². The molecule has 1 aliphatic rings. The van der Waals surface area contributed by atoms with Gasteiger partial charge < -0.3 is 5.73 Å². The minimum absolute atomic E-state index is 0.187. The molecule has 1 unspecified atom stereocenters. The number of halogens is 2. The van der Waals surface area contributed by atoms with Crippen LogP contribution in [0.25, 0.3) is 0 Å². The summed E-state index contributed by atoms with van der Waals surface area (Å²) >= 11 is 14.0. The first kappa shape index (κ1) is 15.2. The van der Waals surface area contributed by atoms with Gasteiger partial charge in [-0.05, 0) is 47.0 Å². The molecule has 0 aromatic heterocycles. The number of hydrogen-bond acceptors (Lipinski definition) is 3. The zero-order valence-electron chi connectivity index (χ0n) is 9.84. The van der Waals surface area contributed by atoms with Crippen LogP contribution in [0.5, 0.6) is 0 Å². The normalized spacial score (nSPS) is 20.6. The number of nitrogens with two attached hydrogens (primary N) is 1. The fourth-order valence-corrected chi connectivity index (χ4v) is 4.75. The van der Waals surface area contributed by atoms with Crippen molar-refractivity contribution >= 4 is 54.8 Å². The van der Waals surface area contributed by atoms with E-state index in [1.54, 1.807) is 6.07 Å². The van der Waals surface area contributed by atoms with Gasteiger partial charge in [0, 0.05) is 11.0 Å². The summed E-state index contributed by atoms with van der Waals surface area (Å²) in [6, 6.07) is 4.13. The fraction of sp³-hybridized carbons (Fsp3) is 0.364. The quantitative estimate of drug-likeness (QED) is 0.815. The van der Waals surface area contributed by atoms with E-state index in [0.29, 0.717) is 22.5 Å². The number of benzene rings is 1. The maximum atomic E-state index is 12.6. The fourth-order valence-electron chi connectivity index (χ4n) is 2.08. The Morgan fingerprint density at radius 1 is 1.53 bits per heavy atom. The van der Waals surface area contributed by atoms with Crippen molar-refractivity contribution in [2.24, 2.45) is 5.73 Å². The van der Waals surface area contributed by atoms with Gasteiger partial charge in [0.25, 0.3) is 0 Å². The van der Waals surface area contributed by atoms with Crippen molar-refractivity contribution in [2.75, 3.05) is 6.54 Å². The highest BCUT2D eigenvalue weighted by molar-refractivity contribution is 9.10. The maximum Gasteiger partial charge on any atom is 0.243 e. The lowest BCUT2D eigenvalue weighted by Gasteiger charge is -2.23. The number of nitrogens with zero attached hydrogens (tertiary/aromatic N) is 1. The van der Waals surface area contributed by atoms with Crippen molar-refractivity contribution in [3.8, 4) is 0 Å². The number of hydrogen-bond donors (Lipinski definition) is 1. The van der Waals surface area contributed by atoms with E-state index in [9.17, 15) is 8.42 Å². The van der Waals surface area contributed by atoms with Crippen molar-refractivity contribution in [3.63, 3.8) is 0 Å². The largest absolute Gasteiger partial charge is 0.392 e. The standard InChI is InChI=1S/C11H12BrClN2O2S2/c12-8-6-7(3-4-9(8)13)19(16,17)15-5-1-2-10(15)11(14)18/h3-4,6,10H,1-2,5H2,(H2,14,18). The minimum atomic E-state index is -3.59. The maximum absolute atomic E-state index is 12.6. The van der Waals surface area contributed by atoms with Crippen molar-refractivity contribution in [2.45, 2.75) is 23.8 Å². The molecule has 0 spiro atoms. The molecule has 0 aliphatic carbocycles. The topological polar surface area (TPSA) is 63.4 Å². The molecule has 2 N–H and O–H groups in total. The number of rotatable bonds is 3. The van der Waals surface area contributed by atoms with Crippen LogP contribution in [-0.2, 0) is 10.0 Å². The Morgan fingerprint density at radius 3 is 2.79 bits per heavy atom. The Balaban J connectivity index is 2.42. The minimum Gasteiger partial charge on any atom is -0.392 e. The van der Waals surface area contributed by atoms with Crippen LogP contribution in [0.15, 0.2) is 27.6 Å². The summed E-state index contributed by atoms with van der Waals surface area (Å²) in [5.74, 6) is 0. The van der Waals surface area contributed by atoms with Gasteiger partial charge in [-0.1, -0.05) is 23.8 Å². The average molecular weight is 384 g/mol. The van der Waals surface area contributed by atoms with E-state index in [2.05, 4.69) is 15.9 Å². The zero-order chi connectivity index (χ0) is 14.2. The van der Waals surface area contributed by atoms with Crippen LogP contribution in [-0.4, -0.2) is 30.3 Å². The summed E-state index contributed by atoms with van der Waals surface area (Å²) in [4.78, 5) is 0.404. The predicted octanol–water partition coefficient (Wildman–Crippen LogP) is 2.54. The molecule has 0 bridgehead atoms. The summed E-state index contributed by atoms with van der Waals surface area (Å²) in [7, 11) is -3.59. The predicted molar refractivity (Wildman–Crippen MR) is 82.9 cm³/mol. The summed E-state index contributed by atoms with van der Waals surface area (Å²) in [5.41, 5.74) is 5.61. The van der Waals surface area contributed by atoms with Crippen LogP contribution >= 0.6 is 39.7 Å². The van der Waals surface area contributed by atoms with E-state index in [-0.39, 0.29) is 9.88 Å². The molecule has 0 radical (unpaired) electrons. The molecule has 1 saturated heterocycles. The Hall–Kier alpha value is -0.210. The SMILES string of the molecule is NC(=S)C1CCCN1S(=O)(=O)c1ccc(Cl)c(Br)c1. The molecule has 4 nitrogen and oxygen atoms in total. The molecule has 19 heavy (non-hydrogen) atoms. The third-order valence-corrected chi connectivity index (χ3v) is 6.42. The van der Waals surface area contributed by atoms with Gasteiger partial charge in [0.05, 0.1) is 20.9 Å². The van der Waals surface area contributed by atoms with Gasteiger partial charge in [0.1, 0.15) is 0 Å². The first-order valence-corrected chi connectivity index (χ1v) is 8.62. The van der Waals surface area contributed by atoms with E-state index in [1.165, 1.54) is 16.4 Å². The van der Waals surface area contributed by atoms with Gasteiger partial charge in [-0.15, -0.1) is 0 Å². The molecular formula is C11H12BrClN2O2S2. The molecule has 0 saturated carbocycles. The second-order valence-electron chi connectivity index (χ2n) is 4.25. The molecule has 1 atom stereocenters. The smallest absolute Gasteiger partial charge is 0.243 e. The summed E-state index contributed by atoms with van der Waals surface area (Å²) in [6.07, 6.45) is 1.43. The van der Waals surface area contributed by atoms with Gasteiger partial charge in [-0.3, -0.25) is 0 Å². The zero-order valence-corrected chi connectivity index (χ0v) is 13.8. The first-order valence-electron chi connectivity index (χ1n) is 5.60. The first-order chi connectivity index (χ1) is 8.84. The molecule has 1 aliphatic heterocycles. The third-order valence-electron chi connectivity index (χ3n) is 3.03. The van der Waals surface area contributed by atoms with Crippen LogP contribution < -0.4 is 5.73 Å². The van der Waals surface area contributed by atoms with Crippen molar-refractivity contribution in [1.82, 2.24) is 4.31 Å². The summed E-state index contributed by atoms with van der Waals surface area (Å²) in [5, 5.41) is 0.464. The van der Waals surface area contributed by atoms with E-state index in [1.807, 2.05) is 0 Å². The Bertz CT molecular complexity index is 621. The van der Waals surface area contributed by atoms with E-state index in [4.69, 9.17) is 29.6 Å². The van der Waals surface area contributed by atoms with Crippen LogP contribution in [0, 0.1) is 0 Å². The Morgan fingerprint density at radius 2 is 2.21 bits per heavy atom. The van der Waals surface area contributed by atoms with Crippen molar-refractivity contribution < 1.29 is 8.42 Å². The van der Waals surface area contributed by atoms with Gasteiger partial charge in [-0.25, -0.2) is 8.42 Å². The number of sulfonamides is 1. The van der Waals surface area contributed by atoms with E-state index in [0.717, 1.165) is 6.42 Å². The Kier molecular flexibility index (Phi) is 4.52. The van der Waals surface area contributed by atoms with Gasteiger partial charge >= 0.3 is 0 Å². The molecule has 1 heterocycles. The molecule has 2 rings (SSSR count). The molecular weight excluding hydrogens is 372 g/mol. The lowest BCUT2D eigenvalue weighted by Crippen LogP contribution is -2.42. The lowest BCUT2D eigenvalue weighted by atomic mass is 10.2. The highest BCUT2D eigenvalue weighted by atomic mass is 79.9. The lowest BCUT2D eigenvalue weighted by molar-refractivity contribution is 0.446. The average Bonchev–Trinajstić information content (AvgIpc) is 2.82. The van der Waals surface area contributed by atoms with E-state index >= 15 is 0 Å². The second-order valence-corrected chi connectivity index (χ2v) is 7.88. The summed E-state index contributed by atoms with van der Waals surface area (Å²) < 4.78 is 27.0. The number of thiocarbonyl (C=S) groups is 1. The molecule has 1 fully saturated rings. The van der Waals surface area contributed by atoms with Crippen LogP contribution in [0.3, 0.4) is 0 Å². The van der Waals surface area contributed by atoms with Crippen LogP contribution in [0.4, 0.5) is 0 Å². The summed E-state index contributed by atoms with van der Waals surface area (Å²) in [6.45, 7) is 0.435. The van der Waals surface area contributed by atoms with Gasteiger partial charge in [-0.2, -0.15) is 4.31 Å². The highest BCUT2D eigenvalue weighted by Crippen LogP contribution is 2.30. The van der Waals surface area contributed by atoms with Crippen LogP contribution in [0.1, 0.15) is 12.8 Å². The van der Waals surface area contributed by atoms with E-state index < -0.39 is 16.1 Å². The van der Waals surface area contributed by atoms with Gasteiger partial charge in [0.15, 0.2) is 0 Å². The highest BCUT2D eigenvalue weighted by Gasteiger charge is 2.36. The van der Waals surface area contributed by atoms with Crippen molar-refractivity contribution in [1.29, 1.82) is 0 Å². The Labute approximate surface area is 131 Å². The third kappa shape index (κ3) is 2.95. The molecule has 1 aromatic carbocycles. The second kappa shape index (κ2) is 5.65. The monoisotopic (exact) mass is 382 g/mol. The molecule has 0 amide bonds. The van der Waals surface area contributed by atoms with Crippen molar-refractivity contribution in [3.05, 3.63) is 27.7 Å². The molecule has 1 aromatic rings. The van der Waals surface area contributed by atoms with Crippen LogP contribution in [0.2, 0.25) is 5.02 Å². The molecule has 104 valence electrons.